The number of rotatable bonds is 10. The summed E-state index contributed by atoms with van der Waals surface area (Å²) in [5.74, 6) is -2.46. The van der Waals surface area contributed by atoms with Crippen LogP contribution in [0.2, 0.25) is 0 Å². The van der Waals surface area contributed by atoms with Crippen molar-refractivity contribution in [3.05, 3.63) is 82.3 Å². The number of nitrogens with zero attached hydrogens (tertiary/aromatic N) is 1. The first kappa shape index (κ1) is 23.8. The molecule has 0 fully saturated rings. The average molecular weight is 451 g/mol. The molecule has 1 aliphatic heterocycles. The van der Waals surface area contributed by atoms with Gasteiger partial charge in [0.15, 0.2) is 5.78 Å². The third-order valence-corrected chi connectivity index (χ3v) is 5.66. The Hall–Kier alpha value is -3.81. The predicted molar refractivity (Wildman–Crippen MR) is 121 cm³/mol. The molecule has 3 N–H and O–H groups in total. The van der Waals surface area contributed by atoms with Gasteiger partial charge in [-0.3, -0.25) is 24.1 Å². The minimum absolute atomic E-state index is 0.0202. The summed E-state index contributed by atoms with van der Waals surface area (Å²) in [5, 5.41) is 3.13. The van der Waals surface area contributed by atoms with E-state index in [1.54, 1.807) is 25.1 Å². The number of allylic oxidation sites excluding steroid dienone is 1. The smallest absolute Gasteiger partial charge is 0.262 e. The molecular formula is C25H26FN3O4. The Labute approximate surface area is 191 Å². The number of aryl methyl sites for hydroxylation is 1. The molecule has 1 atom stereocenters. The molecule has 8 heteroatoms. The lowest BCUT2D eigenvalue weighted by atomic mass is 10.0. The molecule has 1 unspecified atom stereocenters. The van der Waals surface area contributed by atoms with Gasteiger partial charge in [-0.1, -0.05) is 30.8 Å². The zero-order chi connectivity index (χ0) is 24.3. The molecule has 1 aliphatic rings. The summed E-state index contributed by atoms with van der Waals surface area (Å²) in [6.45, 7) is 7.15. The maximum absolute atomic E-state index is 13.8. The Morgan fingerprint density at radius 2 is 1.91 bits per heavy atom. The molecule has 3 amide bonds. The molecule has 0 spiro atoms. The van der Waals surface area contributed by atoms with Crippen LogP contribution in [0.15, 0.2) is 48.7 Å². The molecule has 2 aromatic carbocycles. The molecule has 3 rings (SSSR count). The molecular weight excluding hydrogens is 425 g/mol. The van der Waals surface area contributed by atoms with Gasteiger partial charge in [-0.15, -0.1) is 0 Å². The fraction of sp³-hybridized carbons (Fsp3) is 0.280. The first-order valence-electron chi connectivity index (χ1n) is 10.5. The largest absolute Gasteiger partial charge is 0.384 e. The molecule has 33 heavy (non-hydrogen) atoms. The Bertz CT molecular complexity index is 1160. The maximum atomic E-state index is 13.8. The van der Waals surface area contributed by atoms with E-state index in [0.29, 0.717) is 23.2 Å². The summed E-state index contributed by atoms with van der Waals surface area (Å²) in [5.41, 5.74) is 8.11. The molecule has 0 saturated heterocycles. The van der Waals surface area contributed by atoms with Crippen LogP contribution < -0.4 is 11.1 Å². The van der Waals surface area contributed by atoms with Crippen LogP contribution in [0.1, 0.15) is 57.2 Å². The molecule has 0 radical (unpaired) electrons. The summed E-state index contributed by atoms with van der Waals surface area (Å²) >= 11 is 0. The third-order valence-electron chi connectivity index (χ3n) is 5.66. The predicted octanol–water partition coefficient (Wildman–Crippen LogP) is 2.80. The molecule has 7 nitrogen and oxygen atoms in total. The van der Waals surface area contributed by atoms with Crippen molar-refractivity contribution >= 4 is 23.5 Å². The fourth-order valence-corrected chi connectivity index (χ4v) is 3.87. The van der Waals surface area contributed by atoms with Crippen LogP contribution in [0.3, 0.4) is 0 Å². The van der Waals surface area contributed by atoms with Crippen LogP contribution in [-0.2, 0) is 22.6 Å². The Morgan fingerprint density at radius 3 is 2.55 bits per heavy atom. The first-order valence-corrected chi connectivity index (χ1v) is 10.5. The number of hydrogen-bond donors (Lipinski definition) is 2. The topological polar surface area (TPSA) is 110 Å². The number of ketones is 1. The normalized spacial score (nSPS) is 13.6. The lowest BCUT2D eigenvalue weighted by Gasteiger charge is -2.23. The summed E-state index contributed by atoms with van der Waals surface area (Å²) in [7, 11) is 0. The molecule has 0 aliphatic carbocycles. The summed E-state index contributed by atoms with van der Waals surface area (Å²) < 4.78 is 13.8. The summed E-state index contributed by atoms with van der Waals surface area (Å²) in [4.78, 5) is 50.4. The van der Waals surface area contributed by atoms with E-state index in [4.69, 9.17) is 5.73 Å². The number of carbonyl (C=O) groups is 4. The van der Waals surface area contributed by atoms with Crippen molar-refractivity contribution < 1.29 is 23.6 Å². The zero-order valence-electron chi connectivity index (χ0n) is 18.6. The van der Waals surface area contributed by atoms with E-state index in [1.165, 1.54) is 19.1 Å². The first-order chi connectivity index (χ1) is 15.6. The van der Waals surface area contributed by atoms with E-state index in [9.17, 15) is 23.6 Å². The van der Waals surface area contributed by atoms with Gasteiger partial charge >= 0.3 is 0 Å². The van der Waals surface area contributed by atoms with Gasteiger partial charge in [-0.2, -0.15) is 0 Å². The quantitative estimate of drug-likeness (QED) is 0.540. The highest BCUT2D eigenvalue weighted by Crippen LogP contribution is 2.29. The van der Waals surface area contributed by atoms with Crippen molar-refractivity contribution in [3.63, 3.8) is 0 Å². The van der Waals surface area contributed by atoms with E-state index in [0.717, 1.165) is 10.5 Å². The minimum atomic E-state index is -1.06. The van der Waals surface area contributed by atoms with E-state index in [1.807, 2.05) is 6.07 Å². The number of benzene rings is 2. The van der Waals surface area contributed by atoms with Gasteiger partial charge in [0.1, 0.15) is 5.82 Å². The number of amides is 3. The Morgan fingerprint density at radius 1 is 1.18 bits per heavy atom. The van der Waals surface area contributed by atoms with Gasteiger partial charge in [0.05, 0.1) is 17.2 Å². The van der Waals surface area contributed by atoms with Crippen LogP contribution in [0.4, 0.5) is 4.39 Å². The molecule has 0 bridgehead atoms. The lowest BCUT2D eigenvalue weighted by Crippen LogP contribution is -2.44. The highest BCUT2D eigenvalue weighted by atomic mass is 19.1. The van der Waals surface area contributed by atoms with Crippen LogP contribution in [0, 0.1) is 12.7 Å². The van der Waals surface area contributed by atoms with E-state index in [-0.39, 0.29) is 36.3 Å². The number of Topliss-reactive ketones (excluding diaryl/α,β-unsaturated/α-hetero) is 1. The number of fused-ring (bicyclic) bond motifs is 1. The second kappa shape index (κ2) is 9.77. The summed E-state index contributed by atoms with van der Waals surface area (Å²) in [6.07, 6.45) is 0.254. The average Bonchev–Trinajstić information content (AvgIpc) is 3.00. The van der Waals surface area contributed by atoms with E-state index < -0.39 is 29.5 Å². The summed E-state index contributed by atoms with van der Waals surface area (Å²) in [6, 6.07) is 8.83. The maximum Gasteiger partial charge on any atom is 0.262 e. The van der Waals surface area contributed by atoms with Crippen molar-refractivity contribution in [1.82, 2.24) is 10.2 Å². The number of carbonyl (C=O) groups excluding carboxylic acids is 4. The minimum Gasteiger partial charge on any atom is -0.384 e. The number of imide groups is 1. The highest BCUT2D eigenvalue weighted by molar-refractivity contribution is 6.23. The molecule has 0 aromatic heterocycles. The zero-order valence-corrected chi connectivity index (χ0v) is 18.6. The molecule has 0 saturated carbocycles. The number of nitrogens with one attached hydrogen (secondary N) is 1. The molecule has 2 aromatic rings. The van der Waals surface area contributed by atoms with Gasteiger partial charge in [-0.25, -0.2) is 4.39 Å². The highest BCUT2D eigenvalue weighted by Gasteiger charge is 2.42. The van der Waals surface area contributed by atoms with Crippen LogP contribution in [0.25, 0.3) is 0 Å². The van der Waals surface area contributed by atoms with Crippen LogP contribution in [-0.4, -0.2) is 34.4 Å². The number of primary amides is 1. The van der Waals surface area contributed by atoms with E-state index in [2.05, 4.69) is 11.9 Å². The second-order valence-corrected chi connectivity index (χ2v) is 8.17. The Balaban J connectivity index is 1.76. The second-order valence-electron chi connectivity index (χ2n) is 8.17. The third kappa shape index (κ3) is 5.16. The van der Waals surface area contributed by atoms with Gasteiger partial charge in [-0.05, 0) is 49.1 Å². The van der Waals surface area contributed by atoms with Crippen molar-refractivity contribution in [2.45, 2.75) is 45.7 Å². The molecule has 1 heterocycles. The fourth-order valence-electron chi connectivity index (χ4n) is 3.87. The van der Waals surface area contributed by atoms with Crippen molar-refractivity contribution in [3.8, 4) is 0 Å². The monoisotopic (exact) mass is 451 g/mol. The van der Waals surface area contributed by atoms with Gasteiger partial charge < -0.3 is 11.1 Å². The number of halogens is 1. The van der Waals surface area contributed by atoms with Gasteiger partial charge in [0.25, 0.3) is 11.8 Å². The molecule has 172 valence electrons. The van der Waals surface area contributed by atoms with Crippen molar-refractivity contribution in [2.24, 2.45) is 5.73 Å². The van der Waals surface area contributed by atoms with Gasteiger partial charge in [0.2, 0.25) is 5.91 Å². The van der Waals surface area contributed by atoms with Crippen molar-refractivity contribution in [1.29, 1.82) is 0 Å². The lowest BCUT2D eigenvalue weighted by molar-refractivity contribution is -0.122. The standard InChI is InChI=1S/C25H26FN3O4/c1-14-7-8-17(12-20(14)26)11-15(2)28-13-18-5-4-6-19-23(18)25(33)29(24(19)32)21(16(3)30)9-10-22(27)31/h4-8,12,21,28H,2,9-11,13H2,1,3H3,(H2,27,31). The van der Waals surface area contributed by atoms with E-state index >= 15 is 0 Å². The SMILES string of the molecule is C=C(Cc1ccc(C)c(F)c1)NCc1cccc2c1C(=O)N(C(CCC(N)=O)C(C)=O)C2=O. The van der Waals surface area contributed by atoms with Crippen LogP contribution >= 0.6 is 0 Å². The number of hydrogen-bond acceptors (Lipinski definition) is 5. The van der Waals surface area contributed by atoms with Gasteiger partial charge in [0, 0.05) is 25.1 Å². The number of nitrogens with two attached hydrogens (primary N) is 1. The Kier molecular flexibility index (Phi) is 7.06. The van der Waals surface area contributed by atoms with Crippen molar-refractivity contribution in [2.75, 3.05) is 0 Å². The van der Waals surface area contributed by atoms with Crippen LogP contribution in [0.5, 0.6) is 0 Å².